The number of aromatic nitrogens is 2. The second-order valence-electron chi connectivity index (χ2n) is 7.16. The molecule has 3 amide bonds. The summed E-state index contributed by atoms with van der Waals surface area (Å²) >= 11 is 0. The summed E-state index contributed by atoms with van der Waals surface area (Å²) in [4.78, 5) is 43.6. The molecule has 2 N–H and O–H groups in total. The van der Waals surface area contributed by atoms with E-state index in [1.165, 1.54) is 4.57 Å². The second-order valence-corrected chi connectivity index (χ2v) is 7.16. The van der Waals surface area contributed by atoms with Crippen molar-refractivity contribution in [1.82, 2.24) is 19.4 Å². The number of hydrogen-bond donors (Lipinski definition) is 2. The summed E-state index contributed by atoms with van der Waals surface area (Å²) in [6, 6.07) is 16.1. The summed E-state index contributed by atoms with van der Waals surface area (Å²) in [6.45, 7) is 3.64. The Labute approximate surface area is 173 Å². The Morgan fingerprint density at radius 2 is 1.53 bits per heavy atom. The first-order valence-corrected chi connectivity index (χ1v) is 9.81. The number of aryl methyl sites for hydroxylation is 1. The molecule has 0 radical (unpaired) electrons. The number of nitrogens with one attached hydrogen (secondary N) is 2. The monoisotopic (exact) mass is 405 g/mol. The van der Waals surface area contributed by atoms with Crippen molar-refractivity contribution in [2.75, 3.05) is 31.5 Å². The predicted octanol–water partition coefficient (Wildman–Crippen LogP) is 2.46. The minimum absolute atomic E-state index is 0.0247. The molecule has 0 bridgehead atoms. The highest BCUT2D eigenvalue weighted by atomic mass is 16.2. The van der Waals surface area contributed by atoms with Gasteiger partial charge in [0.2, 0.25) is 0 Å². The van der Waals surface area contributed by atoms with Crippen LogP contribution in [0.5, 0.6) is 0 Å². The van der Waals surface area contributed by atoms with Gasteiger partial charge in [-0.3, -0.25) is 9.36 Å². The average Bonchev–Trinajstić information content (AvgIpc) is 3.12. The van der Waals surface area contributed by atoms with Gasteiger partial charge in [0.1, 0.15) is 0 Å². The largest absolute Gasteiger partial charge is 0.335 e. The number of imidazole rings is 1. The van der Waals surface area contributed by atoms with E-state index in [2.05, 4.69) is 10.3 Å². The van der Waals surface area contributed by atoms with Crippen molar-refractivity contribution < 1.29 is 9.59 Å². The molecule has 0 aliphatic carbocycles. The number of nitrogens with zero attached hydrogens (tertiary/aromatic N) is 3. The van der Waals surface area contributed by atoms with Crippen LogP contribution in [0.15, 0.2) is 65.6 Å². The van der Waals surface area contributed by atoms with Crippen molar-refractivity contribution in [1.29, 1.82) is 0 Å². The molecule has 1 aliphatic rings. The first-order valence-electron chi connectivity index (χ1n) is 9.81. The third-order valence-electron chi connectivity index (χ3n) is 5.22. The van der Waals surface area contributed by atoms with Gasteiger partial charge in [-0.25, -0.2) is 9.59 Å². The van der Waals surface area contributed by atoms with Crippen LogP contribution in [-0.2, 0) is 0 Å². The molecule has 1 saturated heterocycles. The fourth-order valence-corrected chi connectivity index (χ4v) is 3.60. The molecule has 154 valence electrons. The van der Waals surface area contributed by atoms with E-state index in [1.807, 2.05) is 37.3 Å². The number of carbonyl (C=O) groups is 2. The van der Waals surface area contributed by atoms with E-state index in [-0.39, 0.29) is 17.6 Å². The lowest BCUT2D eigenvalue weighted by Gasteiger charge is -2.34. The number of amides is 3. The Hall–Kier alpha value is -3.81. The molecule has 3 aromatic rings. The predicted molar refractivity (Wildman–Crippen MR) is 114 cm³/mol. The fourth-order valence-electron chi connectivity index (χ4n) is 3.60. The van der Waals surface area contributed by atoms with Crippen LogP contribution in [0.2, 0.25) is 0 Å². The maximum absolute atomic E-state index is 12.8. The highest BCUT2D eigenvalue weighted by molar-refractivity contribution is 5.95. The third-order valence-corrected chi connectivity index (χ3v) is 5.22. The summed E-state index contributed by atoms with van der Waals surface area (Å²) in [5.41, 5.74) is 2.29. The van der Waals surface area contributed by atoms with Crippen molar-refractivity contribution >= 4 is 17.6 Å². The second kappa shape index (κ2) is 8.28. The van der Waals surface area contributed by atoms with Crippen LogP contribution in [0.25, 0.3) is 5.69 Å². The number of anilines is 1. The number of benzene rings is 2. The van der Waals surface area contributed by atoms with E-state index in [0.29, 0.717) is 43.1 Å². The molecular weight excluding hydrogens is 382 g/mol. The molecule has 4 rings (SSSR count). The topological polar surface area (TPSA) is 90.4 Å². The zero-order valence-corrected chi connectivity index (χ0v) is 16.7. The van der Waals surface area contributed by atoms with Crippen LogP contribution in [0, 0.1) is 6.92 Å². The molecule has 30 heavy (non-hydrogen) atoms. The van der Waals surface area contributed by atoms with Gasteiger partial charge < -0.3 is 20.1 Å². The Morgan fingerprint density at radius 3 is 2.20 bits per heavy atom. The van der Waals surface area contributed by atoms with Crippen LogP contribution >= 0.6 is 0 Å². The van der Waals surface area contributed by atoms with Crippen LogP contribution in [0.3, 0.4) is 0 Å². The first kappa shape index (κ1) is 19.5. The minimum Gasteiger partial charge on any atom is -0.335 e. The summed E-state index contributed by atoms with van der Waals surface area (Å²) in [7, 11) is 0. The molecule has 0 atom stereocenters. The van der Waals surface area contributed by atoms with E-state index in [4.69, 9.17) is 0 Å². The number of aromatic amines is 1. The molecule has 2 aromatic carbocycles. The maximum atomic E-state index is 12.8. The molecule has 2 heterocycles. The number of hydrogen-bond acceptors (Lipinski definition) is 3. The van der Waals surface area contributed by atoms with Crippen molar-refractivity contribution in [2.45, 2.75) is 6.92 Å². The molecule has 0 saturated carbocycles. The Morgan fingerprint density at radius 1 is 0.900 bits per heavy atom. The van der Waals surface area contributed by atoms with Gasteiger partial charge in [0.05, 0.1) is 11.4 Å². The van der Waals surface area contributed by atoms with Crippen molar-refractivity contribution in [3.05, 3.63) is 82.5 Å². The molecular formula is C22H23N5O3. The van der Waals surface area contributed by atoms with Crippen LogP contribution in [0.1, 0.15) is 16.1 Å². The molecule has 1 aromatic heterocycles. The van der Waals surface area contributed by atoms with Crippen molar-refractivity contribution in [3.8, 4) is 5.69 Å². The van der Waals surface area contributed by atoms with Gasteiger partial charge in [0, 0.05) is 43.6 Å². The number of para-hydroxylation sites is 2. The normalized spacial score (nSPS) is 13.9. The fraction of sp³-hybridized carbons (Fsp3) is 0.227. The number of H-pyrrole nitrogens is 1. The van der Waals surface area contributed by atoms with Gasteiger partial charge in [0.15, 0.2) is 0 Å². The SMILES string of the molecule is Cc1c[nH]c(=O)n1-c1ccccc1NC(=O)N1CCN(C(=O)c2ccccc2)CC1. The quantitative estimate of drug-likeness (QED) is 0.701. The summed E-state index contributed by atoms with van der Waals surface area (Å²) in [5, 5.41) is 2.91. The van der Waals surface area contributed by atoms with Gasteiger partial charge in [-0.2, -0.15) is 0 Å². The molecule has 1 aliphatic heterocycles. The Kier molecular flexibility index (Phi) is 5.38. The summed E-state index contributed by atoms with van der Waals surface area (Å²) in [6.07, 6.45) is 1.63. The molecule has 0 spiro atoms. The van der Waals surface area contributed by atoms with Gasteiger partial charge >= 0.3 is 11.7 Å². The minimum atomic E-state index is -0.262. The maximum Gasteiger partial charge on any atom is 0.330 e. The van der Waals surface area contributed by atoms with E-state index in [9.17, 15) is 14.4 Å². The molecule has 8 nitrogen and oxygen atoms in total. The third kappa shape index (κ3) is 3.84. The zero-order chi connectivity index (χ0) is 21.1. The van der Waals surface area contributed by atoms with Crippen LogP contribution < -0.4 is 11.0 Å². The van der Waals surface area contributed by atoms with E-state index < -0.39 is 0 Å². The lowest BCUT2D eigenvalue weighted by atomic mass is 10.2. The number of rotatable bonds is 3. The van der Waals surface area contributed by atoms with Crippen LogP contribution in [-0.4, -0.2) is 57.5 Å². The lowest BCUT2D eigenvalue weighted by Crippen LogP contribution is -2.51. The van der Waals surface area contributed by atoms with E-state index in [0.717, 1.165) is 5.69 Å². The van der Waals surface area contributed by atoms with E-state index in [1.54, 1.807) is 40.3 Å². The lowest BCUT2D eigenvalue weighted by molar-refractivity contribution is 0.0671. The molecule has 0 unspecified atom stereocenters. The van der Waals surface area contributed by atoms with Gasteiger partial charge in [-0.05, 0) is 31.2 Å². The van der Waals surface area contributed by atoms with Gasteiger partial charge in [-0.1, -0.05) is 30.3 Å². The zero-order valence-electron chi connectivity index (χ0n) is 16.7. The average molecular weight is 405 g/mol. The van der Waals surface area contributed by atoms with E-state index >= 15 is 0 Å². The number of urea groups is 1. The Balaban J connectivity index is 1.43. The summed E-state index contributed by atoms with van der Waals surface area (Å²) < 4.78 is 1.52. The highest BCUT2D eigenvalue weighted by Crippen LogP contribution is 2.20. The van der Waals surface area contributed by atoms with Crippen molar-refractivity contribution in [2.24, 2.45) is 0 Å². The number of carbonyl (C=O) groups excluding carboxylic acids is 2. The molecule has 1 fully saturated rings. The smallest absolute Gasteiger partial charge is 0.330 e. The van der Waals surface area contributed by atoms with Gasteiger partial charge in [-0.15, -0.1) is 0 Å². The summed E-state index contributed by atoms with van der Waals surface area (Å²) in [5.74, 6) is -0.0247. The molecule has 8 heteroatoms. The van der Waals surface area contributed by atoms with Gasteiger partial charge in [0.25, 0.3) is 5.91 Å². The first-order chi connectivity index (χ1) is 14.5. The standard InChI is InChI=1S/C22H23N5O3/c1-16-15-23-21(29)27(16)19-10-6-5-9-18(19)24-22(30)26-13-11-25(12-14-26)20(28)17-7-3-2-4-8-17/h2-10,15H,11-14H2,1H3,(H,23,29)(H,24,30). The number of piperazine rings is 1. The Bertz CT molecular complexity index is 1110. The highest BCUT2D eigenvalue weighted by Gasteiger charge is 2.25. The van der Waals surface area contributed by atoms with Crippen molar-refractivity contribution in [3.63, 3.8) is 0 Å². The van der Waals surface area contributed by atoms with Crippen LogP contribution in [0.4, 0.5) is 10.5 Å².